The quantitative estimate of drug-likeness (QED) is 0.836. The van der Waals surface area contributed by atoms with Crippen molar-refractivity contribution in [3.05, 3.63) is 64.4 Å². The molecule has 0 spiro atoms. The molecule has 2 aromatic carbocycles. The van der Waals surface area contributed by atoms with Crippen LogP contribution in [0.3, 0.4) is 0 Å². The Morgan fingerprint density at radius 2 is 2.08 bits per heavy atom. The van der Waals surface area contributed by atoms with Crippen molar-refractivity contribution in [3.8, 4) is 5.75 Å². The molecule has 0 aromatic heterocycles. The number of likely N-dealkylation sites (tertiary alicyclic amines) is 1. The molecular weight excluding hydrogens is 361 g/mol. The molecule has 1 unspecified atom stereocenters. The summed E-state index contributed by atoms with van der Waals surface area (Å²) in [6.07, 6.45) is 0.0251. The molecule has 5 nitrogen and oxygen atoms in total. The summed E-state index contributed by atoms with van der Waals surface area (Å²) < 4.78 is 19.4. The largest absolute Gasteiger partial charge is 0.489 e. The molecule has 1 aliphatic rings. The van der Waals surface area contributed by atoms with Crippen LogP contribution in [0, 0.1) is 11.7 Å². The third kappa shape index (κ3) is 4.14. The topological polar surface area (TPSA) is 66.8 Å². The van der Waals surface area contributed by atoms with Crippen LogP contribution in [0.2, 0.25) is 5.02 Å². The highest BCUT2D eigenvalue weighted by atomic mass is 35.5. The van der Waals surface area contributed by atoms with Gasteiger partial charge in [0.2, 0.25) is 5.91 Å². The van der Waals surface area contributed by atoms with E-state index in [2.05, 4.69) is 0 Å². The van der Waals surface area contributed by atoms with Crippen molar-refractivity contribution in [3.63, 3.8) is 0 Å². The number of carbonyl (C=O) groups is 2. The van der Waals surface area contributed by atoms with E-state index in [4.69, 9.17) is 21.4 Å². The van der Waals surface area contributed by atoms with Gasteiger partial charge in [0.25, 0.3) is 0 Å². The van der Waals surface area contributed by atoms with E-state index in [0.29, 0.717) is 17.3 Å². The molecule has 0 aliphatic carbocycles. The summed E-state index contributed by atoms with van der Waals surface area (Å²) in [6.45, 7) is 0.489. The van der Waals surface area contributed by atoms with Gasteiger partial charge >= 0.3 is 5.97 Å². The van der Waals surface area contributed by atoms with Gasteiger partial charge in [0.15, 0.2) is 0 Å². The van der Waals surface area contributed by atoms with Gasteiger partial charge in [0.05, 0.1) is 10.9 Å². The standard InChI is InChI=1S/C19H17ClFNO4/c20-16-5-2-6-17(21)15(16)11-26-14-4-1-3-12(7-14)9-22-10-13(19(24)25)8-18(22)23/h1-7,13H,8-11H2,(H,24,25). The first-order chi connectivity index (χ1) is 12.4. The van der Waals surface area contributed by atoms with Crippen molar-refractivity contribution in [2.24, 2.45) is 5.92 Å². The first-order valence-corrected chi connectivity index (χ1v) is 8.47. The summed E-state index contributed by atoms with van der Waals surface area (Å²) in [6, 6.07) is 11.5. The monoisotopic (exact) mass is 377 g/mol. The number of hydrogen-bond donors (Lipinski definition) is 1. The number of benzene rings is 2. The molecule has 1 atom stereocenters. The predicted octanol–water partition coefficient (Wildman–Crippen LogP) is 3.49. The zero-order chi connectivity index (χ0) is 18.7. The molecule has 0 saturated carbocycles. The van der Waals surface area contributed by atoms with Crippen LogP contribution in [-0.4, -0.2) is 28.4 Å². The van der Waals surface area contributed by atoms with Gasteiger partial charge in [-0.3, -0.25) is 9.59 Å². The first-order valence-electron chi connectivity index (χ1n) is 8.09. The molecule has 1 fully saturated rings. The fraction of sp³-hybridized carbons (Fsp3) is 0.263. The van der Waals surface area contributed by atoms with Crippen molar-refractivity contribution in [1.29, 1.82) is 0 Å². The minimum absolute atomic E-state index is 0.0152. The molecular formula is C19H17ClFNO4. The number of amides is 1. The number of aliphatic carboxylic acids is 1. The Kier molecular flexibility index (Phi) is 5.42. The van der Waals surface area contributed by atoms with Gasteiger partial charge in [0, 0.05) is 25.1 Å². The average Bonchev–Trinajstić information content (AvgIpc) is 2.96. The molecule has 0 radical (unpaired) electrons. The second-order valence-electron chi connectivity index (χ2n) is 6.15. The van der Waals surface area contributed by atoms with E-state index in [1.54, 1.807) is 24.3 Å². The summed E-state index contributed by atoms with van der Waals surface area (Å²) >= 11 is 5.98. The Morgan fingerprint density at radius 1 is 1.31 bits per heavy atom. The number of ether oxygens (including phenoxy) is 1. The van der Waals surface area contributed by atoms with Crippen molar-refractivity contribution in [2.45, 2.75) is 19.6 Å². The van der Waals surface area contributed by atoms with Crippen LogP contribution in [0.5, 0.6) is 5.75 Å². The first kappa shape index (κ1) is 18.2. The lowest BCUT2D eigenvalue weighted by Gasteiger charge is -2.17. The van der Waals surface area contributed by atoms with E-state index >= 15 is 0 Å². The van der Waals surface area contributed by atoms with Crippen molar-refractivity contribution in [1.82, 2.24) is 4.90 Å². The van der Waals surface area contributed by atoms with Crippen LogP contribution in [0.15, 0.2) is 42.5 Å². The third-order valence-electron chi connectivity index (χ3n) is 4.28. The summed E-state index contributed by atoms with van der Waals surface area (Å²) in [5.74, 6) is -1.72. The SMILES string of the molecule is O=C(O)C1CC(=O)N(Cc2cccc(OCc3c(F)cccc3Cl)c2)C1. The lowest BCUT2D eigenvalue weighted by atomic mass is 10.1. The Bertz CT molecular complexity index is 822. The van der Waals surface area contributed by atoms with E-state index in [1.165, 1.54) is 17.0 Å². The fourth-order valence-corrected chi connectivity index (χ4v) is 3.09. The molecule has 3 rings (SSSR count). The van der Waals surface area contributed by atoms with E-state index in [-0.39, 0.29) is 31.0 Å². The maximum absolute atomic E-state index is 13.8. The molecule has 7 heteroatoms. The van der Waals surface area contributed by atoms with Crippen molar-refractivity contribution < 1.29 is 23.8 Å². The highest BCUT2D eigenvalue weighted by molar-refractivity contribution is 6.31. The zero-order valence-electron chi connectivity index (χ0n) is 13.8. The van der Waals surface area contributed by atoms with E-state index in [9.17, 15) is 14.0 Å². The Labute approximate surface area is 154 Å². The van der Waals surface area contributed by atoms with E-state index in [1.807, 2.05) is 6.07 Å². The number of carboxylic acid groups (broad SMARTS) is 1. The smallest absolute Gasteiger partial charge is 0.308 e. The lowest BCUT2D eigenvalue weighted by Crippen LogP contribution is -2.25. The summed E-state index contributed by atoms with van der Waals surface area (Å²) in [7, 11) is 0. The Hall–Kier alpha value is -2.60. The molecule has 1 saturated heterocycles. The van der Waals surface area contributed by atoms with Gasteiger partial charge in [-0.15, -0.1) is 0 Å². The molecule has 1 heterocycles. The lowest BCUT2D eigenvalue weighted by molar-refractivity contribution is -0.141. The Morgan fingerprint density at radius 3 is 2.77 bits per heavy atom. The zero-order valence-corrected chi connectivity index (χ0v) is 14.6. The van der Waals surface area contributed by atoms with E-state index in [0.717, 1.165) is 5.56 Å². The molecule has 1 aliphatic heterocycles. The summed E-state index contributed by atoms with van der Waals surface area (Å²) in [4.78, 5) is 24.5. The van der Waals surface area contributed by atoms with Gasteiger partial charge in [-0.1, -0.05) is 29.8 Å². The van der Waals surface area contributed by atoms with Gasteiger partial charge in [0.1, 0.15) is 18.2 Å². The molecule has 1 amide bonds. The molecule has 0 bridgehead atoms. The highest BCUT2D eigenvalue weighted by Crippen LogP contribution is 2.24. The van der Waals surface area contributed by atoms with E-state index < -0.39 is 17.7 Å². The maximum atomic E-state index is 13.8. The second kappa shape index (κ2) is 7.74. The van der Waals surface area contributed by atoms with Crippen LogP contribution in [-0.2, 0) is 22.7 Å². The normalized spacial score (nSPS) is 16.8. The number of nitrogens with zero attached hydrogens (tertiary/aromatic N) is 1. The minimum atomic E-state index is -0.959. The second-order valence-corrected chi connectivity index (χ2v) is 6.56. The van der Waals surface area contributed by atoms with Crippen LogP contribution in [0.4, 0.5) is 4.39 Å². The number of halogens is 2. The third-order valence-corrected chi connectivity index (χ3v) is 4.63. The van der Waals surface area contributed by atoms with Gasteiger partial charge in [-0.05, 0) is 29.8 Å². The fourth-order valence-electron chi connectivity index (χ4n) is 2.87. The minimum Gasteiger partial charge on any atom is -0.489 e. The van der Waals surface area contributed by atoms with Crippen LogP contribution < -0.4 is 4.74 Å². The number of rotatable bonds is 6. The predicted molar refractivity (Wildman–Crippen MR) is 93.3 cm³/mol. The van der Waals surface area contributed by atoms with Crippen LogP contribution in [0.1, 0.15) is 17.5 Å². The van der Waals surface area contributed by atoms with Gasteiger partial charge in [-0.2, -0.15) is 0 Å². The summed E-state index contributed by atoms with van der Waals surface area (Å²) in [5, 5.41) is 9.34. The van der Waals surface area contributed by atoms with Crippen LogP contribution in [0.25, 0.3) is 0 Å². The molecule has 1 N–H and O–H groups in total. The number of carbonyl (C=O) groups excluding carboxylic acids is 1. The average molecular weight is 378 g/mol. The highest BCUT2D eigenvalue weighted by Gasteiger charge is 2.34. The van der Waals surface area contributed by atoms with Crippen molar-refractivity contribution in [2.75, 3.05) is 6.54 Å². The number of carboxylic acids is 1. The van der Waals surface area contributed by atoms with Crippen molar-refractivity contribution >= 4 is 23.5 Å². The molecule has 26 heavy (non-hydrogen) atoms. The number of hydrogen-bond acceptors (Lipinski definition) is 3. The van der Waals surface area contributed by atoms with Crippen LogP contribution >= 0.6 is 11.6 Å². The molecule has 136 valence electrons. The summed E-state index contributed by atoms with van der Waals surface area (Å²) in [5.41, 5.74) is 1.08. The van der Waals surface area contributed by atoms with Gasteiger partial charge in [-0.25, -0.2) is 4.39 Å². The van der Waals surface area contributed by atoms with Gasteiger partial charge < -0.3 is 14.7 Å². The molecule has 2 aromatic rings. The maximum Gasteiger partial charge on any atom is 0.308 e. The Balaban J connectivity index is 1.65.